The van der Waals surface area contributed by atoms with Crippen LogP contribution >= 0.6 is 12.6 Å². The summed E-state index contributed by atoms with van der Waals surface area (Å²) in [7, 11) is 0. The van der Waals surface area contributed by atoms with Crippen LogP contribution in [-0.2, 0) is 11.3 Å². The van der Waals surface area contributed by atoms with Gasteiger partial charge < -0.3 is 10.5 Å². The minimum atomic E-state index is 0.386. The first-order valence-electron chi connectivity index (χ1n) is 7.24. The molecule has 1 aromatic heterocycles. The first-order chi connectivity index (χ1) is 10.2. The smallest absolute Gasteiger partial charge is 0.153 e. The average Bonchev–Trinajstić information content (AvgIpc) is 3.02. The number of anilines is 1. The molecule has 0 amide bonds. The van der Waals surface area contributed by atoms with Crippen LogP contribution in [0.2, 0.25) is 0 Å². The minimum absolute atomic E-state index is 0.386. The molecule has 0 aliphatic heterocycles. The van der Waals surface area contributed by atoms with Crippen LogP contribution in [0.4, 0.5) is 5.69 Å². The maximum atomic E-state index is 5.82. The molecule has 3 rings (SSSR count). The Morgan fingerprint density at radius 1 is 1.14 bits per heavy atom. The molecule has 0 saturated heterocycles. The summed E-state index contributed by atoms with van der Waals surface area (Å²) in [6, 6.07) is 5.71. The predicted molar refractivity (Wildman–Crippen MR) is 86.2 cm³/mol. The Morgan fingerprint density at radius 3 is 2.52 bits per heavy atom. The van der Waals surface area contributed by atoms with Crippen molar-refractivity contribution in [1.29, 1.82) is 0 Å². The molecule has 1 aromatic carbocycles. The van der Waals surface area contributed by atoms with Crippen molar-refractivity contribution in [2.75, 3.05) is 5.73 Å². The molecule has 4 nitrogen and oxygen atoms in total. The molecule has 5 heteroatoms. The molecule has 21 heavy (non-hydrogen) atoms. The molecule has 1 heterocycles. The average molecular weight is 301 g/mol. The first-order valence-corrected chi connectivity index (χ1v) is 7.68. The molecule has 0 atom stereocenters. The van der Waals surface area contributed by atoms with E-state index in [9.17, 15) is 0 Å². The van der Waals surface area contributed by atoms with E-state index in [-0.39, 0.29) is 0 Å². The number of hydrogen-bond acceptors (Lipinski definition) is 5. The van der Waals surface area contributed by atoms with Crippen LogP contribution in [0.15, 0.2) is 35.5 Å². The summed E-state index contributed by atoms with van der Waals surface area (Å²) in [5.74, 6) is 0.729. The fourth-order valence-electron chi connectivity index (χ4n) is 2.55. The summed E-state index contributed by atoms with van der Waals surface area (Å²) in [5, 5.41) is 0. The van der Waals surface area contributed by atoms with Crippen molar-refractivity contribution in [1.82, 2.24) is 9.97 Å². The monoisotopic (exact) mass is 301 g/mol. The van der Waals surface area contributed by atoms with Crippen LogP contribution < -0.4 is 5.73 Å². The molecular weight excluding hydrogens is 282 g/mol. The SMILES string of the molecule is Nc1ccc(-c2cnc(COC3CCCC3)nc2)cc1S. The van der Waals surface area contributed by atoms with Gasteiger partial charge in [0, 0.05) is 28.5 Å². The Hall–Kier alpha value is -1.59. The molecule has 0 bridgehead atoms. The van der Waals surface area contributed by atoms with Crippen molar-refractivity contribution in [2.24, 2.45) is 0 Å². The van der Waals surface area contributed by atoms with Gasteiger partial charge in [-0.1, -0.05) is 18.9 Å². The third-order valence-corrected chi connectivity index (χ3v) is 4.21. The molecule has 110 valence electrons. The van der Waals surface area contributed by atoms with Crippen molar-refractivity contribution in [3.63, 3.8) is 0 Å². The van der Waals surface area contributed by atoms with E-state index in [2.05, 4.69) is 22.6 Å². The Kier molecular flexibility index (Phi) is 4.41. The van der Waals surface area contributed by atoms with Gasteiger partial charge in [0.15, 0.2) is 5.82 Å². The highest BCUT2D eigenvalue weighted by Gasteiger charge is 2.15. The highest BCUT2D eigenvalue weighted by molar-refractivity contribution is 7.80. The van der Waals surface area contributed by atoms with Crippen LogP contribution in [0.25, 0.3) is 11.1 Å². The van der Waals surface area contributed by atoms with Crippen molar-refractivity contribution in [2.45, 2.75) is 43.3 Å². The molecule has 2 aromatic rings. The van der Waals surface area contributed by atoms with E-state index in [0.717, 1.165) is 34.7 Å². The number of nitrogen functional groups attached to an aromatic ring is 1. The standard InChI is InChI=1S/C16H19N3OS/c17-14-6-5-11(7-15(14)21)12-8-18-16(19-9-12)10-20-13-3-1-2-4-13/h5-9,13,21H,1-4,10,17H2. The van der Waals surface area contributed by atoms with Crippen molar-refractivity contribution in [3.05, 3.63) is 36.4 Å². The molecule has 1 aliphatic rings. The van der Waals surface area contributed by atoms with E-state index >= 15 is 0 Å². The van der Waals surface area contributed by atoms with Crippen molar-refractivity contribution >= 4 is 18.3 Å². The first kappa shape index (κ1) is 14.4. The molecule has 1 fully saturated rings. The van der Waals surface area contributed by atoms with Crippen LogP contribution in [0.5, 0.6) is 0 Å². The molecule has 1 aliphatic carbocycles. The Balaban J connectivity index is 1.66. The highest BCUT2D eigenvalue weighted by atomic mass is 32.1. The van der Waals surface area contributed by atoms with Gasteiger partial charge in [0.25, 0.3) is 0 Å². The van der Waals surface area contributed by atoms with E-state index in [0.29, 0.717) is 18.4 Å². The Bertz CT molecular complexity index is 609. The molecule has 2 N–H and O–H groups in total. The maximum absolute atomic E-state index is 5.82. The number of benzene rings is 1. The Labute approximate surface area is 130 Å². The second kappa shape index (κ2) is 6.45. The fraction of sp³-hybridized carbons (Fsp3) is 0.375. The van der Waals surface area contributed by atoms with Gasteiger partial charge in [-0.25, -0.2) is 9.97 Å². The summed E-state index contributed by atoms with van der Waals surface area (Å²) in [4.78, 5) is 9.52. The van der Waals surface area contributed by atoms with Gasteiger partial charge in [-0.15, -0.1) is 12.6 Å². The van der Waals surface area contributed by atoms with E-state index in [1.807, 2.05) is 30.6 Å². The summed E-state index contributed by atoms with van der Waals surface area (Å²) in [5.41, 5.74) is 8.40. The summed E-state index contributed by atoms with van der Waals surface area (Å²) in [6.45, 7) is 0.491. The second-order valence-electron chi connectivity index (χ2n) is 5.38. The number of nitrogens with zero attached hydrogens (tertiary/aromatic N) is 2. The van der Waals surface area contributed by atoms with Crippen LogP contribution in [0, 0.1) is 0 Å². The van der Waals surface area contributed by atoms with Crippen LogP contribution in [0.1, 0.15) is 31.5 Å². The third-order valence-electron chi connectivity index (χ3n) is 3.82. The van der Waals surface area contributed by atoms with Gasteiger partial charge in [0.05, 0.1) is 6.10 Å². The zero-order chi connectivity index (χ0) is 14.7. The lowest BCUT2D eigenvalue weighted by atomic mass is 10.1. The fourth-order valence-corrected chi connectivity index (χ4v) is 2.76. The molecule has 0 unspecified atom stereocenters. The van der Waals surface area contributed by atoms with E-state index < -0.39 is 0 Å². The lowest BCUT2D eigenvalue weighted by Gasteiger charge is -2.10. The molecule has 0 spiro atoms. The lowest BCUT2D eigenvalue weighted by Crippen LogP contribution is -2.09. The third kappa shape index (κ3) is 3.54. The van der Waals surface area contributed by atoms with Crippen molar-refractivity contribution in [3.8, 4) is 11.1 Å². The summed E-state index contributed by atoms with van der Waals surface area (Å²) in [6.07, 6.45) is 8.89. The molecule has 0 radical (unpaired) electrons. The largest absolute Gasteiger partial charge is 0.398 e. The summed E-state index contributed by atoms with van der Waals surface area (Å²) >= 11 is 4.34. The lowest BCUT2D eigenvalue weighted by molar-refractivity contribution is 0.0417. The number of rotatable bonds is 4. The minimum Gasteiger partial charge on any atom is -0.398 e. The van der Waals surface area contributed by atoms with Crippen LogP contribution in [0.3, 0.4) is 0 Å². The van der Waals surface area contributed by atoms with Gasteiger partial charge in [-0.3, -0.25) is 0 Å². The number of aromatic nitrogens is 2. The zero-order valence-corrected chi connectivity index (χ0v) is 12.7. The maximum Gasteiger partial charge on any atom is 0.153 e. The molecular formula is C16H19N3OS. The number of hydrogen-bond donors (Lipinski definition) is 2. The normalized spacial score (nSPS) is 15.5. The Morgan fingerprint density at radius 2 is 1.86 bits per heavy atom. The molecule has 1 saturated carbocycles. The van der Waals surface area contributed by atoms with Gasteiger partial charge in [0.2, 0.25) is 0 Å². The van der Waals surface area contributed by atoms with E-state index in [1.165, 1.54) is 12.8 Å². The topological polar surface area (TPSA) is 61.0 Å². The quantitative estimate of drug-likeness (QED) is 0.670. The highest BCUT2D eigenvalue weighted by Crippen LogP contribution is 2.25. The van der Waals surface area contributed by atoms with Crippen molar-refractivity contribution < 1.29 is 4.74 Å². The van der Waals surface area contributed by atoms with Gasteiger partial charge in [-0.05, 0) is 30.5 Å². The van der Waals surface area contributed by atoms with Gasteiger partial charge in [0.1, 0.15) is 6.61 Å². The van der Waals surface area contributed by atoms with E-state index in [4.69, 9.17) is 10.5 Å². The van der Waals surface area contributed by atoms with E-state index in [1.54, 1.807) is 0 Å². The number of ether oxygens (including phenoxy) is 1. The number of nitrogens with two attached hydrogens (primary N) is 1. The van der Waals surface area contributed by atoms with Gasteiger partial charge in [-0.2, -0.15) is 0 Å². The van der Waals surface area contributed by atoms with Gasteiger partial charge >= 0.3 is 0 Å². The van der Waals surface area contributed by atoms with Crippen LogP contribution in [-0.4, -0.2) is 16.1 Å². The second-order valence-corrected chi connectivity index (χ2v) is 5.86. The summed E-state index contributed by atoms with van der Waals surface area (Å²) < 4.78 is 5.82. The zero-order valence-electron chi connectivity index (χ0n) is 11.8. The predicted octanol–water partition coefficient (Wildman–Crippen LogP) is 3.47. The number of thiol groups is 1.